The van der Waals surface area contributed by atoms with E-state index < -0.39 is 10.5 Å². The predicted octanol–water partition coefficient (Wildman–Crippen LogP) is 0.589. The minimum Gasteiger partial charge on any atom is -0.345 e. The lowest BCUT2D eigenvalue weighted by molar-refractivity contribution is 0.257. The largest absolute Gasteiger partial charge is 0.345 e. The molecule has 0 radical (unpaired) electrons. The van der Waals surface area contributed by atoms with Gasteiger partial charge >= 0.3 is 0 Å². The van der Waals surface area contributed by atoms with Crippen LogP contribution in [0.5, 0.6) is 0 Å². The lowest BCUT2D eigenvalue weighted by Gasteiger charge is -2.00. The van der Waals surface area contributed by atoms with Crippen molar-refractivity contribution in [3.63, 3.8) is 0 Å². The van der Waals surface area contributed by atoms with Crippen LogP contribution in [0.2, 0.25) is 0 Å². The van der Waals surface area contributed by atoms with Crippen molar-refractivity contribution in [1.82, 2.24) is 22.9 Å². The van der Waals surface area contributed by atoms with Crippen molar-refractivity contribution >= 4 is 35.7 Å². The van der Waals surface area contributed by atoms with Crippen LogP contribution in [-0.2, 0) is 0 Å². The van der Waals surface area contributed by atoms with Gasteiger partial charge in [0, 0.05) is 13.1 Å². The fourth-order valence-electron chi connectivity index (χ4n) is 0.339. The van der Waals surface area contributed by atoms with Crippen LogP contribution in [0.15, 0.2) is 0 Å². The summed E-state index contributed by atoms with van der Waals surface area (Å²) in [7, 11) is 0. The van der Waals surface area contributed by atoms with Gasteiger partial charge in [0.05, 0.1) is 0 Å². The van der Waals surface area contributed by atoms with E-state index >= 15 is 0 Å². The van der Waals surface area contributed by atoms with Gasteiger partial charge in [-0.15, -0.1) is 0 Å². The van der Waals surface area contributed by atoms with Gasteiger partial charge in [-0.25, -0.2) is 0 Å². The standard InChI is InChI=1S/C4H8N2O2S2.2H3N/c7-3(9)5-1-2-6-4(8)10;;/h1-2H2,(H2,5,7,9)(H2,6,8,10);2*1H3. The first-order chi connectivity index (χ1) is 4.63. The third-order valence-corrected chi connectivity index (χ3v) is 0.994. The van der Waals surface area contributed by atoms with Crippen LogP contribution in [0.25, 0.3) is 0 Å². The SMILES string of the molecule is N.N.O=C(S)NCCNC(=O)S. The summed E-state index contributed by atoms with van der Waals surface area (Å²) in [5, 5.41) is 3.94. The Bertz CT molecular complexity index is 127. The molecule has 0 unspecified atom stereocenters. The van der Waals surface area contributed by atoms with Gasteiger partial charge in [0.2, 0.25) is 0 Å². The summed E-state index contributed by atoms with van der Waals surface area (Å²) >= 11 is 6.88. The number of amides is 2. The average molecular weight is 214 g/mol. The van der Waals surface area contributed by atoms with Crippen LogP contribution < -0.4 is 22.9 Å². The van der Waals surface area contributed by atoms with Crippen LogP contribution >= 0.6 is 25.3 Å². The van der Waals surface area contributed by atoms with Gasteiger partial charge in [-0.3, -0.25) is 9.59 Å². The topological polar surface area (TPSA) is 128 Å². The molecule has 8 N–H and O–H groups in total. The highest BCUT2D eigenvalue weighted by atomic mass is 32.1. The maximum Gasteiger partial charge on any atom is 0.276 e. The Kier molecular flexibility index (Phi) is 15.5. The molecule has 0 atom stereocenters. The number of nitrogens with one attached hydrogen (secondary N) is 2. The fourth-order valence-corrected chi connectivity index (χ4v) is 0.562. The third kappa shape index (κ3) is 16.3. The molecule has 0 saturated carbocycles. The van der Waals surface area contributed by atoms with Crippen molar-refractivity contribution in [1.29, 1.82) is 0 Å². The van der Waals surface area contributed by atoms with E-state index in [4.69, 9.17) is 0 Å². The molecule has 8 heteroatoms. The zero-order chi connectivity index (χ0) is 7.98. The number of carbonyl (C=O) groups excluding carboxylic acids is 2. The second kappa shape index (κ2) is 10.6. The Labute approximate surface area is 81.8 Å². The molecule has 12 heavy (non-hydrogen) atoms. The van der Waals surface area contributed by atoms with Gasteiger partial charge in [-0.05, 0) is 0 Å². The summed E-state index contributed by atoms with van der Waals surface area (Å²) in [5.74, 6) is 0. The molecule has 0 spiro atoms. The Hall–Kier alpha value is -0.440. The summed E-state index contributed by atoms with van der Waals surface area (Å²) in [4.78, 5) is 20.2. The van der Waals surface area contributed by atoms with Gasteiger partial charge in [-0.2, -0.15) is 0 Å². The van der Waals surface area contributed by atoms with Crippen molar-refractivity contribution in [3.8, 4) is 0 Å². The highest BCUT2D eigenvalue weighted by Gasteiger charge is 1.91. The van der Waals surface area contributed by atoms with Crippen LogP contribution in [0.3, 0.4) is 0 Å². The van der Waals surface area contributed by atoms with E-state index in [9.17, 15) is 9.59 Å². The third-order valence-electron chi connectivity index (χ3n) is 0.677. The molecule has 74 valence electrons. The summed E-state index contributed by atoms with van der Waals surface area (Å²) in [6.07, 6.45) is 0. The molecule has 0 saturated heterocycles. The first-order valence-corrected chi connectivity index (χ1v) is 3.46. The number of hydrogen-bond acceptors (Lipinski definition) is 4. The first kappa shape index (κ1) is 17.6. The molecule has 0 rings (SSSR count). The van der Waals surface area contributed by atoms with Gasteiger partial charge in [0.1, 0.15) is 0 Å². The molecule has 0 fully saturated rings. The smallest absolute Gasteiger partial charge is 0.276 e. The summed E-state index contributed by atoms with van der Waals surface area (Å²) < 4.78 is 0. The molecule has 6 nitrogen and oxygen atoms in total. The lowest BCUT2D eigenvalue weighted by atomic mass is 10.6. The molecule has 0 aromatic carbocycles. The van der Waals surface area contributed by atoms with Crippen LogP contribution in [0.1, 0.15) is 0 Å². The van der Waals surface area contributed by atoms with E-state index in [1.165, 1.54) is 0 Å². The van der Waals surface area contributed by atoms with E-state index in [1.54, 1.807) is 0 Å². The van der Waals surface area contributed by atoms with Gasteiger partial charge in [-0.1, -0.05) is 25.3 Å². The number of rotatable bonds is 3. The zero-order valence-electron chi connectivity index (χ0n) is 6.54. The summed E-state index contributed by atoms with van der Waals surface area (Å²) in [5.41, 5.74) is 0. The number of hydrogen-bond donors (Lipinski definition) is 6. The Morgan fingerprint density at radius 3 is 1.33 bits per heavy atom. The molecule has 0 heterocycles. The quantitative estimate of drug-likeness (QED) is 0.303. The number of carbonyl (C=O) groups is 2. The summed E-state index contributed by atoms with van der Waals surface area (Å²) in [6.45, 7) is 0.739. The maximum atomic E-state index is 10.1. The first-order valence-electron chi connectivity index (χ1n) is 2.56. The van der Waals surface area contributed by atoms with E-state index in [0.717, 1.165) is 0 Å². The molecule has 0 aromatic heterocycles. The Balaban J connectivity index is -0.000000405. The molecule has 0 bridgehead atoms. The van der Waals surface area contributed by atoms with Crippen molar-refractivity contribution in [3.05, 3.63) is 0 Å². The van der Waals surface area contributed by atoms with Crippen LogP contribution in [0.4, 0.5) is 9.59 Å². The molecule has 0 aliphatic rings. The Morgan fingerprint density at radius 2 is 1.17 bits per heavy atom. The second-order valence-corrected chi connectivity index (χ2v) is 2.28. The second-order valence-electron chi connectivity index (χ2n) is 1.46. The molecule has 2 amide bonds. The van der Waals surface area contributed by atoms with Gasteiger partial charge in [0.15, 0.2) is 0 Å². The molecular weight excluding hydrogens is 200 g/mol. The maximum absolute atomic E-state index is 10.1. The molecule has 0 aliphatic carbocycles. The van der Waals surface area contributed by atoms with Crippen LogP contribution in [-0.4, -0.2) is 23.6 Å². The summed E-state index contributed by atoms with van der Waals surface area (Å²) in [6, 6.07) is 0. The highest BCUT2D eigenvalue weighted by molar-refractivity contribution is 7.96. The molecular formula is C4H14N4O2S2. The minimum atomic E-state index is -0.409. The average Bonchev–Trinajstić information content (AvgIpc) is 1.79. The van der Waals surface area contributed by atoms with E-state index in [-0.39, 0.29) is 12.3 Å². The van der Waals surface area contributed by atoms with E-state index in [0.29, 0.717) is 13.1 Å². The van der Waals surface area contributed by atoms with E-state index in [1.807, 2.05) is 0 Å². The lowest BCUT2D eigenvalue weighted by Crippen LogP contribution is -2.29. The zero-order valence-corrected chi connectivity index (χ0v) is 8.33. The predicted molar refractivity (Wildman–Crippen MR) is 54.8 cm³/mol. The van der Waals surface area contributed by atoms with E-state index in [2.05, 4.69) is 35.9 Å². The van der Waals surface area contributed by atoms with Gasteiger partial charge in [0.25, 0.3) is 10.5 Å². The monoisotopic (exact) mass is 214 g/mol. The Morgan fingerprint density at radius 1 is 0.917 bits per heavy atom. The van der Waals surface area contributed by atoms with Crippen molar-refractivity contribution in [2.45, 2.75) is 0 Å². The van der Waals surface area contributed by atoms with Crippen molar-refractivity contribution in [2.24, 2.45) is 0 Å². The molecule has 0 aliphatic heterocycles. The fraction of sp³-hybridized carbons (Fsp3) is 0.500. The molecule has 0 aromatic rings. The van der Waals surface area contributed by atoms with Crippen molar-refractivity contribution < 1.29 is 9.59 Å². The normalized spacial score (nSPS) is 7.17. The van der Waals surface area contributed by atoms with Crippen molar-refractivity contribution in [2.75, 3.05) is 13.1 Å². The van der Waals surface area contributed by atoms with Crippen LogP contribution in [0, 0.1) is 0 Å². The number of thiol groups is 2. The minimum absolute atomic E-state index is 0. The highest BCUT2D eigenvalue weighted by Crippen LogP contribution is 1.75. The van der Waals surface area contributed by atoms with Gasteiger partial charge < -0.3 is 22.9 Å².